The molecule has 0 aliphatic carbocycles. The van der Waals surface area contributed by atoms with E-state index in [0.29, 0.717) is 13.0 Å². The van der Waals surface area contributed by atoms with Crippen LogP contribution in [0.4, 0.5) is 0 Å². The molecule has 0 aliphatic heterocycles. The SMILES string of the molecule is CCCCCCOC(CC)[C@H](O)[C@@H](O)[C@H](O)[C@H](O)CO. The summed E-state index contributed by atoms with van der Waals surface area (Å²) < 4.78 is 5.52. The van der Waals surface area contributed by atoms with Gasteiger partial charge in [-0.1, -0.05) is 33.1 Å². The van der Waals surface area contributed by atoms with E-state index in [0.717, 1.165) is 25.7 Å². The molecule has 1 unspecified atom stereocenters. The van der Waals surface area contributed by atoms with Crippen LogP contribution in [0.5, 0.6) is 0 Å². The molecule has 0 radical (unpaired) electrons. The van der Waals surface area contributed by atoms with Crippen LogP contribution >= 0.6 is 0 Å². The van der Waals surface area contributed by atoms with Crippen molar-refractivity contribution in [3.05, 3.63) is 0 Å². The van der Waals surface area contributed by atoms with Crippen LogP contribution in [-0.4, -0.2) is 69.3 Å². The molecule has 0 aromatic rings. The summed E-state index contributed by atoms with van der Waals surface area (Å²) in [6, 6.07) is 0. The Morgan fingerprint density at radius 1 is 0.850 bits per heavy atom. The Morgan fingerprint density at radius 2 is 1.50 bits per heavy atom. The molecule has 5 N–H and O–H groups in total. The van der Waals surface area contributed by atoms with Crippen molar-refractivity contribution in [2.24, 2.45) is 0 Å². The molecule has 0 aromatic heterocycles. The van der Waals surface area contributed by atoms with Crippen LogP contribution in [-0.2, 0) is 4.74 Å². The number of ether oxygens (including phenoxy) is 1. The van der Waals surface area contributed by atoms with Gasteiger partial charge in [0, 0.05) is 6.61 Å². The predicted octanol–water partition coefficient (Wildman–Crippen LogP) is -0.202. The third-order valence-electron chi connectivity index (χ3n) is 3.39. The molecule has 5 atom stereocenters. The number of rotatable bonds is 12. The second-order valence-electron chi connectivity index (χ2n) is 5.10. The Hall–Kier alpha value is -0.240. The first-order valence-electron chi connectivity index (χ1n) is 7.44. The van der Waals surface area contributed by atoms with Crippen molar-refractivity contribution >= 4 is 0 Å². The van der Waals surface area contributed by atoms with Gasteiger partial charge in [0.1, 0.15) is 24.4 Å². The van der Waals surface area contributed by atoms with E-state index in [1.807, 2.05) is 6.92 Å². The van der Waals surface area contributed by atoms with E-state index in [9.17, 15) is 20.4 Å². The van der Waals surface area contributed by atoms with E-state index in [4.69, 9.17) is 9.84 Å². The summed E-state index contributed by atoms with van der Waals surface area (Å²) in [5, 5.41) is 47.3. The molecule has 0 spiro atoms. The van der Waals surface area contributed by atoms with Gasteiger partial charge in [-0.05, 0) is 12.8 Å². The van der Waals surface area contributed by atoms with Gasteiger partial charge in [0.05, 0.1) is 12.7 Å². The summed E-state index contributed by atoms with van der Waals surface area (Å²) in [6.45, 7) is 3.73. The van der Waals surface area contributed by atoms with E-state index >= 15 is 0 Å². The van der Waals surface area contributed by atoms with Crippen LogP contribution < -0.4 is 0 Å². The molecular weight excluding hydrogens is 264 g/mol. The van der Waals surface area contributed by atoms with Gasteiger partial charge in [-0.2, -0.15) is 0 Å². The Balaban J connectivity index is 4.20. The molecular formula is C14H30O6. The van der Waals surface area contributed by atoms with E-state index < -0.39 is 37.1 Å². The van der Waals surface area contributed by atoms with Crippen LogP contribution in [0.2, 0.25) is 0 Å². The third kappa shape index (κ3) is 6.97. The lowest BCUT2D eigenvalue weighted by Crippen LogP contribution is -2.50. The summed E-state index contributed by atoms with van der Waals surface area (Å²) in [5.41, 5.74) is 0. The average Bonchev–Trinajstić information content (AvgIpc) is 2.47. The summed E-state index contributed by atoms with van der Waals surface area (Å²) in [7, 11) is 0. The molecule has 6 heteroatoms. The van der Waals surface area contributed by atoms with E-state index in [-0.39, 0.29) is 0 Å². The topological polar surface area (TPSA) is 110 Å². The molecule has 20 heavy (non-hydrogen) atoms. The van der Waals surface area contributed by atoms with Crippen molar-refractivity contribution < 1.29 is 30.3 Å². The van der Waals surface area contributed by atoms with Crippen LogP contribution in [0, 0.1) is 0 Å². The summed E-state index contributed by atoms with van der Waals surface area (Å²) in [4.78, 5) is 0. The normalized spacial score (nSPS) is 19.4. The smallest absolute Gasteiger partial charge is 0.111 e. The van der Waals surface area contributed by atoms with Crippen molar-refractivity contribution in [3.63, 3.8) is 0 Å². The highest BCUT2D eigenvalue weighted by atomic mass is 16.5. The molecule has 0 rings (SSSR count). The zero-order chi connectivity index (χ0) is 15.5. The zero-order valence-corrected chi connectivity index (χ0v) is 12.5. The minimum atomic E-state index is -1.60. The molecule has 6 nitrogen and oxygen atoms in total. The minimum Gasteiger partial charge on any atom is -0.394 e. The molecule has 0 saturated heterocycles. The molecule has 122 valence electrons. The predicted molar refractivity (Wildman–Crippen MR) is 75.3 cm³/mol. The molecule has 0 aliphatic rings. The third-order valence-corrected chi connectivity index (χ3v) is 3.39. The van der Waals surface area contributed by atoms with Gasteiger partial charge < -0.3 is 30.3 Å². The summed E-state index contributed by atoms with van der Waals surface area (Å²) >= 11 is 0. The maximum atomic E-state index is 9.97. The molecule has 0 saturated carbocycles. The lowest BCUT2D eigenvalue weighted by molar-refractivity contribution is -0.151. The second kappa shape index (κ2) is 11.4. The lowest BCUT2D eigenvalue weighted by atomic mass is 9.98. The van der Waals surface area contributed by atoms with Crippen molar-refractivity contribution in [3.8, 4) is 0 Å². The largest absolute Gasteiger partial charge is 0.394 e. The van der Waals surface area contributed by atoms with Crippen molar-refractivity contribution in [1.29, 1.82) is 0 Å². The maximum absolute atomic E-state index is 9.97. The minimum absolute atomic E-state index is 0.480. The van der Waals surface area contributed by atoms with Crippen LogP contribution in [0.1, 0.15) is 46.0 Å². The Labute approximate surface area is 121 Å². The fraction of sp³-hybridized carbons (Fsp3) is 1.00. The number of hydrogen-bond donors (Lipinski definition) is 5. The monoisotopic (exact) mass is 294 g/mol. The van der Waals surface area contributed by atoms with Crippen molar-refractivity contribution in [2.75, 3.05) is 13.2 Å². The average molecular weight is 294 g/mol. The fourth-order valence-corrected chi connectivity index (χ4v) is 1.98. The zero-order valence-electron chi connectivity index (χ0n) is 12.5. The van der Waals surface area contributed by atoms with E-state index in [1.165, 1.54) is 0 Å². The van der Waals surface area contributed by atoms with Crippen LogP contribution in [0.3, 0.4) is 0 Å². The number of aliphatic hydroxyl groups is 5. The standard InChI is InChI=1S/C14H30O6/c1-3-5-6-7-8-20-11(4-2)13(18)14(19)12(17)10(16)9-15/h10-19H,3-9H2,1-2H3/t10-,11?,12-,13+,14+/m1/s1. The highest BCUT2D eigenvalue weighted by Gasteiger charge is 2.34. The second-order valence-corrected chi connectivity index (χ2v) is 5.10. The molecule has 0 bridgehead atoms. The quantitative estimate of drug-likeness (QED) is 0.319. The number of hydrogen-bond acceptors (Lipinski definition) is 6. The molecule has 0 amide bonds. The maximum Gasteiger partial charge on any atom is 0.111 e. The number of unbranched alkanes of at least 4 members (excludes halogenated alkanes) is 3. The fourth-order valence-electron chi connectivity index (χ4n) is 1.98. The highest BCUT2D eigenvalue weighted by molar-refractivity contribution is 4.84. The summed E-state index contributed by atoms with van der Waals surface area (Å²) in [5.74, 6) is 0. The van der Waals surface area contributed by atoms with Gasteiger partial charge >= 0.3 is 0 Å². The van der Waals surface area contributed by atoms with Crippen LogP contribution in [0.15, 0.2) is 0 Å². The molecule has 0 fully saturated rings. The van der Waals surface area contributed by atoms with Gasteiger partial charge in [-0.3, -0.25) is 0 Å². The lowest BCUT2D eigenvalue weighted by Gasteiger charge is -2.30. The van der Waals surface area contributed by atoms with Gasteiger partial charge in [-0.25, -0.2) is 0 Å². The first-order chi connectivity index (χ1) is 9.49. The van der Waals surface area contributed by atoms with Gasteiger partial charge in [-0.15, -0.1) is 0 Å². The Bertz CT molecular complexity index is 226. The van der Waals surface area contributed by atoms with Crippen molar-refractivity contribution in [2.45, 2.75) is 76.5 Å². The molecule has 0 heterocycles. The van der Waals surface area contributed by atoms with Crippen LogP contribution in [0.25, 0.3) is 0 Å². The summed E-state index contributed by atoms with van der Waals surface area (Å²) in [6.07, 6.45) is -1.88. The Morgan fingerprint density at radius 3 is 2.00 bits per heavy atom. The van der Waals surface area contributed by atoms with Gasteiger partial charge in [0.2, 0.25) is 0 Å². The van der Waals surface area contributed by atoms with Gasteiger partial charge in [0.15, 0.2) is 0 Å². The van der Waals surface area contributed by atoms with Gasteiger partial charge in [0.25, 0.3) is 0 Å². The highest BCUT2D eigenvalue weighted by Crippen LogP contribution is 2.14. The van der Waals surface area contributed by atoms with E-state index in [1.54, 1.807) is 0 Å². The first-order valence-corrected chi connectivity index (χ1v) is 7.44. The molecule has 0 aromatic carbocycles. The van der Waals surface area contributed by atoms with E-state index in [2.05, 4.69) is 6.92 Å². The first kappa shape index (κ1) is 19.8. The van der Waals surface area contributed by atoms with Crippen molar-refractivity contribution in [1.82, 2.24) is 0 Å². The Kier molecular flexibility index (Phi) is 11.3. The number of aliphatic hydroxyl groups excluding tert-OH is 5.